The van der Waals surface area contributed by atoms with Gasteiger partial charge in [-0.1, -0.05) is 13.3 Å². The summed E-state index contributed by atoms with van der Waals surface area (Å²) in [6, 6.07) is 1.34. The molecular formula is C12H19FN2O. The van der Waals surface area contributed by atoms with Gasteiger partial charge in [-0.25, -0.2) is 9.37 Å². The maximum absolute atomic E-state index is 13.0. The molecule has 0 amide bonds. The van der Waals surface area contributed by atoms with Gasteiger partial charge in [0, 0.05) is 18.7 Å². The van der Waals surface area contributed by atoms with E-state index in [1.54, 1.807) is 0 Å². The molecular weight excluding hydrogens is 207 g/mol. The standard InChI is InChI=1S/C12H19FN2O/c1-3-5-6-15(4-2)12-10(9-16)7-11(13)8-14-12/h7-8,16H,3-6,9H2,1-2H3. The highest BCUT2D eigenvalue weighted by Crippen LogP contribution is 2.18. The second-order valence-corrected chi connectivity index (χ2v) is 3.73. The molecule has 1 rings (SSSR count). The van der Waals surface area contributed by atoms with Crippen LogP contribution in [-0.2, 0) is 6.61 Å². The molecule has 1 aromatic heterocycles. The summed E-state index contributed by atoms with van der Waals surface area (Å²) in [4.78, 5) is 6.13. The maximum atomic E-state index is 13.0. The van der Waals surface area contributed by atoms with E-state index in [0.29, 0.717) is 11.4 Å². The SMILES string of the molecule is CCCCN(CC)c1ncc(F)cc1CO. The molecule has 0 radical (unpaired) electrons. The number of aliphatic hydroxyl groups excluding tert-OH is 1. The van der Waals surface area contributed by atoms with Crippen LogP contribution in [0.5, 0.6) is 0 Å². The number of rotatable bonds is 6. The highest BCUT2D eigenvalue weighted by Gasteiger charge is 2.11. The minimum Gasteiger partial charge on any atom is -0.392 e. The van der Waals surface area contributed by atoms with Crippen molar-refractivity contribution in [1.82, 2.24) is 4.98 Å². The molecule has 0 aliphatic carbocycles. The maximum Gasteiger partial charge on any atom is 0.142 e. The van der Waals surface area contributed by atoms with Crippen LogP contribution in [0.2, 0.25) is 0 Å². The monoisotopic (exact) mass is 226 g/mol. The fourth-order valence-corrected chi connectivity index (χ4v) is 1.64. The van der Waals surface area contributed by atoms with E-state index in [1.165, 1.54) is 12.3 Å². The van der Waals surface area contributed by atoms with E-state index in [4.69, 9.17) is 0 Å². The Labute approximate surface area is 95.9 Å². The molecule has 0 atom stereocenters. The molecule has 0 aliphatic rings. The number of nitrogens with zero attached hydrogens (tertiary/aromatic N) is 2. The van der Waals surface area contributed by atoms with Crippen molar-refractivity contribution in [1.29, 1.82) is 0 Å². The summed E-state index contributed by atoms with van der Waals surface area (Å²) < 4.78 is 13.0. The average Bonchev–Trinajstić information content (AvgIpc) is 2.31. The Balaban J connectivity index is 2.90. The molecule has 4 heteroatoms. The number of hydrogen-bond donors (Lipinski definition) is 1. The molecule has 1 heterocycles. The Hall–Kier alpha value is -1.16. The number of unbranched alkanes of at least 4 members (excludes halogenated alkanes) is 1. The predicted molar refractivity (Wildman–Crippen MR) is 62.9 cm³/mol. The largest absolute Gasteiger partial charge is 0.392 e. The lowest BCUT2D eigenvalue weighted by atomic mass is 10.2. The quantitative estimate of drug-likeness (QED) is 0.808. The summed E-state index contributed by atoms with van der Waals surface area (Å²) in [5, 5.41) is 9.18. The first-order chi connectivity index (χ1) is 7.72. The van der Waals surface area contributed by atoms with Crippen molar-refractivity contribution in [2.45, 2.75) is 33.3 Å². The van der Waals surface area contributed by atoms with Gasteiger partial charge in [0.25, 0.3) is 0 Å². The first-order valence-corrected chi connectivity index (χ1v) is 5.73. The highest BCUT2D eigenvalue weighted by atomic mass is 19.1. The summed E-state index contributed by atoms with van der Waals surface area (Å²) in [7, 11) is 0. The van der Waals surface area contributed by atoms with Crippen LogP contribution < -0.4 is 4.90 Å². The Morgan fingerprint density at radius 3 is 2.75 bits per heavy atom. The first-order valence-electron chi connectivity index (χ1n) is 5.73. The Bertz CT molecular complexity index is 331. The van der Waals surface area contributed by atoms with Crippen molar-refractivity contribution >= 4 is 5.82 Å². The van der Waals surface area contributed by atoms with E-state index in [0.717, 1.165) is 25.9 Å². The van der Waals surface area contributed by atoms with Gasteiger partial charge in [0.15, 0.2) is 0 Å². The van der Waals surface area contributed by atoms with Gasteiger partial charge >= 0.3 is 0 Å². The van der Waals surface area contributed by atoms with E-state index < -0.39 is 5.82 Å². The van der Waals surface area contributed by atoms with Gasteiger partial charge in [0.2, 0.25) is 0 Å². The van der Waals surface area contributed by atoms with Gasteiger partial charge in [-0.05, 0) is 19.4 Å². The Kier molecular flexibility index (Phi) is 5.19. The number of hydrogen-bond acceptors (Lipinski definition) is 3. The van der Waals surface area contributed by atoms with Crippen LogP contribution in [0.1, 0.15) is 32.3 Å². The van der Waals surface area contributed by atoms with Crippen molar-refractivity contribution in [3.05, 3.63) is 23.6 Å². The van der Waals surface area contributed by atoms with E-state index in [2.05, 4.69) is 16.8 Å². The molecule has 0 aliphatic heterocycles. The van der Waals surface area contributed by atoms with Crippen LogP contribution in [-0.4, -0.2) is 23.2 Å². The van der Waals surface area contributed by atoms with Crippen LogP contribution in [0.15, 0.2) is 12.3 Å². The lowest BCUT2D eigenvalue weighted by Gasteiger charge is -2.23. The van der Waals surface area contributed by atoms with Crippen molar-refractivity contribution in [2.75, 3.05) is 18.0 Å². The number of pyridine rings is 1. The fourth-order valence-electron chi connectivity index (χ4n) is 1.64. The third-order valence-corrected chi connectivity index (χ3v) is 2.54. The van der Waals surface area contributed by atoms with Crippen molar-refractivity contribution in [3.8, 4) is 0 Å². The minimum absolute atomic E-state index is 0.178. The van der Waals surface area contributed by atoms with Gasteiger partial charge in [0.1, 0.15) is 11.6 Å². The molecule has 0 bridgehead atoms. The number of anilines is 1. The van der Waals surface area contributed by atoms with Crippen LogP contribution in [0.25, 0.3) is 0 Å². The molecule has 3 nitrogen and oxygen atoms in total. The van der Waals surface area contributed by atoms with Gasteiger partial charge in [0.05, 0.1) is 12.8 Å². The number of aromatic nitrogens is 1. The average molecular weight is 226 g/mol. The van der Waals surface area contributed by atoms with Crippen LogP contribution >= 0.6 is 0 Å². The van der Waals surface area contributed by atoms with E-state index in [9.17, 15) is 9.50 Å². The summed E-state index contributed by atoms with van der Waals surface area (Å²) in [6.07, 6.45) is 3.37. The lowest BCUT2D eigenvalue weighted by molar-refractivity contribution is 0.281. The van der Waals surface area contributed by atoms with Crippen LogP contribution in [0.4, 0.5) is 10.2 Å². The topological polar surface area (TPSA) is 36.4 Å². The fraction of sp³-hybridized carbons (Fsp3) is 0.583. The molecule has 0 saturated carbocycles. The van der Waals surface area contributed by atoms with Crippen molar-refractivity contribution in [2.24, 2.45) is 0 Å². The summed E-state index contributed by atoms with van der Waals surface area (Å²) in [6.45, 7) is 5.67. The first kappa shape index (κ1) is 12.9. The summed E-state index contributed by atoms with van der Waals surface area (Å²) in [5.74, 6) is 0.291. The molecule has 1 N–H and O–H groups in total. The van der Waals surface area contributed by atoms with Crippen LogP contribution in [0.3, 0.4) is 0 Å². The Morgan fingerprint density at radius 2 is 2.19 bits per heavy atom. The third kappa shape index (κ3) is 3.17. The minimum atomic E-state index is -0.403. The molecule has 0 aromatic carbocycles. The van der Waals surface area contributed by atoms with Crippen LogP contribution in [0, 0.1) is 5.82 Å². The Morgan fingerprint density at radius 1 is 1.44 bits per heavy atom. The summed E-state index contributed by atoms with van der Waals surface area (Å²) in [5.41, 5.74) is 0.554. The molecule has 16 heavy (non-hydrogen) atoms. The second kappa shape index (κ2) is 6.43. The number of halogens is 1. The third-order valence-electron chi connectivity index (χ3n) is 2.54. The van der Waals surface area contributed by atoms with Crippen molar-refractivity contribution < 1.29 is 9.50 Å². The smallest absolute Gasteiger partial charge is 0.142 e. The van der Waals surface area contributed by atoms with E-state index in [-0.39, 0.29) is 6.61 Å². The van der Waals surface area contributed by atoms with Gasteiger partial charge in [-0.2, -0.15) is 0 Å². The second-order valence-electron chi connectivity index (χ2n) is 3.73. The highest BCUT2D eigenvalue weighted by molar-refractivity contribution is 5.46. The molecule has 0 saturated heterocycles. The molecule has 0 fully saturated rings. The van der Waals surface area contributed by atoms with E-state index in [1.807, 2.05) is 6.92 Å². The van der Waals surface area contributed by atoms with E-state index >= 15 is 0 Å². The summed E-state index contributed by atoms with van der Waals surface area (Å²) >= 11 is 0. The zero-order valence-electron chi connectivity index (χ0n) is 9.91. The van der Waals surface area contributed by atoms with Gasteiger partial charge in [-0.15, -0.1) is 0 Å². The zero-order valence-corrected chi connectivity index (χ0v) is 9.91. The van der Waals surface area contributed by atoms with Crippen molar-refractivity contribution in [3.63, 3.8) is 0 Å². The lowest BCUT2D eigenvalue weighted by Crippen LogP contribution is -2.26. The molecule has 1 aromatic rings. The zero-order chi connectivity index (χ0) is 12.0. The predicted octanol–water partition coefficient (Wildman–Crippen LogP) is 2.34. The molecule has 0 unspecified atom stereocenters. The molecule has 90 valence electrons. The van der Waals surface area contributed by atoms with Gasteiger partial charge < -0.3 is 10.0 Å². The van der Waals surface area contributed by atoms with Gasteiger partial charge in [-0.3, -0.25) is 0 Å². The normalized spacial score (nSPS) is 10.5. The number of aliphatic hydroxyl groups is 1. The molecule has 0 spiro atoms.